The molecule has 34 heavy (non-hydrogen) atoms. The van der Waals surface area contributed by atoms with E-state index in [2.05, 4.69) is 23.6 Å². The van der Waals surface area contributed by atoms with E-state index in [0.717, 1.165) is 22.4 Å². The van der Waals surface area contributed by atoms with E-state index >= 15 is 0 Å². The van der Waals surface area contributed by atoms with Gasteiger partial charge in [0.1, 0.15) is 18.0 Å². The maximum atomic E-state index is 14.1. The molecule has 7 heteroatoms. The molecule has 6 nitrogen and oxygen atoms in total. The number of carbonyl (C=O) groups is 1. The molecule has 1 aliphatic heterocycles. The summed E-state index contributed by atoms with van der Waals surface area (Å²) in [6, 6.07) is 21.2. The fourth-order valence-corrected chi connectivity index (χ4v) is 4.25. The van der Waals surface area contributed by atoms with Crippen LogP contribution in [0.2, 0.25) is 0 Å². The second-order valence-corrected chi connectivity index (χ2v) is 8.49. The van der Waals surface area contributed by atoms with Crippen LogP contribution in [0.1, 0.15) is 41.1 Å². The lowest BCUT2D eigenvalue weighted by Gasteiger charge is -2.35. The first-order valence-electron chi connectivity index (χ1n) is 11.2. The minimum atomic E-state index is -0.868. The average Bonchev–Trinajstić information content (AvgIpc) is 2.83. The van der Waals surface area contributed by atoms with Gasteiger partial charge in [-0.2, -0.15) is 5.26 Å². The smallest absolute Gasteiger partial charge is 0.307 e. The van der Waals surface area contributed by atoms with Crippen molar-refractivity contribution in [1.82, 2.24) is 5.32 Å². The van der Waals surface area contributed by atoms with Crippen LogP contribution in [0.15, 0.2) is 66.7 Å². The lowest BCUT2D eigenvalue weighted by atomic mass is 9.95. The number of nitrogens with zero attached hydrogens (tertiary/aromatic N) is 1. The Kier molecular flexibility index (Phi) is 7.09. The number of hydrogen-bond acceptors (Lipinski definition) is 5. The van der Waals surface area contributed by atoms with Gasteiger partial charge >= 0.3 is 5.97 Å². The molecule has 0 radical (unpaired) electrons. The zero-order valence-corrected chi connectivity index (χ0v) is 18.8. The Morgan fingerprint density at radius 3 is 2.74 bits per heavy atom. The number of benzene rings is 3. The quantitative estimate of drug-likeness (QED) is 0.455. The molecule has 0 aliphatic carbocycles. The third kappa shape index (κ3) is 5.36. The molecule has 3 aromatic rings. The van der Waals surface area contributed by atoms with Gasteiger partial charge in [0, 0.05) is 6.54 Å². The van der Waals surface area contributed by atoms with Crippen molar-refractivity contribution in [3.8, 4) is 11.8 Å². The number of aliphatic carboxylic acids is 1. The van der Waals surface area contributed by atoms with Crippen LogP contribution in [-0.4, -0.2) is 30.3 Å². The zero-order valence-electron chi connectivity index (χ0n) is 18.8. The summed E-state index contributed by atoms with van der Waals surface area (Å²) in [5.41, 5.74) is 3.72. The van der Waals surface area contributed by atoms with Crippen LogP contribution in [0.5, 0.6) is 5.75 Å². The van der Waals surface area contributed by atoms with Crippen molar-refractivity contribution < 1.29 is 19.0 Å². The second-order valence-electron chi connectivity index (χ2n) is 8.49. The predicted molar refractivity (Wildman–Crippen MR) is 127 cm³/mol. The standard InChI is InChI=1S/C27H26FN3O3/c1-17(19-6-2-5-18(11-19)12-25(32)33)15-31-26(20-7-3-9-22(28)13-20)24-16-30-23-10-4-8-21(14-29)27(23)34-24/h2-11,13,17,24,26,30-31H,12,15-16H2,1H3,(H,32,33)/t17-,24+,26+/m0/s1. The Hall–Kier alpha value is -3.89. The fourth-order valence-electron chi connectivity index (χ4n) is 4.25. The van der Waals surface area contributed by atoms with Gasteiger partial charge in [-0.05, 0) is 46.9 Å². The number of carboxylic acid groups (broad SMARTS) is 1. The normalized spacial score (nSPS) is 16.3. The molecule has 1 heterocycles. The molecule has 3 N–H and O–H groups in total. The SMILES string of the molecule is C[C@@H](CN[C@H](c1cccc(F)c1)[C@H]1CNc2cccc(C#N)c2O1)c1cccc(CC(=O)O)c1. The third-order valence-corrected chi connectivity index (χ3v) is 6.00. The van der Waals surface area contributed by atoms with Crippen LogP contribution < -0.4 is 15.4 Å². The largest absolute Gasteiger partial charge is 0.483 e. The van der Waals surface area contributed by atoms with Crippen molar-refractivity contribution in [2.75, 3.05) is 18.4 Å². The first-order chi connectivity index (χ1) is 16.4. The molecule has 0 bridgehead atoms. The minimum absolute atomic E-state index is 0.0257. The highest BCUT2D eigenvalue weighted by Gasteiger charge is 2.30. The highest BCUT2D eigenvalue weighted by molar-refractivity contribution is 5.70. The molecule has 3 atom stereocenters. The van der Waals surface area contributed by atoms with Crippen molar-refractivity contribution in [2.45, 2.75) is 31.4 Å². The number of fused-ring (bicyclic) bond motifs is 1. The first kappa shape index (κ1) is 23.3. The molecule has 0 saturated carbocycles. The van der Waals surface area contributed by atoms with Crippen molar-refractivity contribution in [3.63, 3.8) is 0 Å². The van der Waals surface area contributed by atoms with Gasteiger partial charge in [-0.25, -0.2) is 4.39 Å². The van der Waals surface area contributed by atoms with E-state index in [0.29, 0.717) is 24.4 Å². The molecular weight excluding hydrogens is 433 g/mol. The van der Waals surface area contributed by atoms with Gasteiger partial charge in [-0.15, -0.1) is 0 Å². The molecule has 1 aliphatic rings. The highest BCUT2D eigenvalue weighted by Crippen LogP contribution is 2.35. The number of halogens is 1. The van der Waals surface area contributed by atoms with E-state index in [9.17, 15) is 14.4 Å². The first-order valence-corrected chi connectivity index (χ1v) is 11.2. The topological polar surface area (TPSA) is 94.4 Å². The lowest BCUT2D eigenvalue weighted by molar-refractivity contribution is -0.136. The van der Waals surface area contributed by atoms with Gasteiger partial charge in [0.15, 0.2) is 5.75 Å². The number of ether oxygens (including phenoxy) is 1. The van der Waals surface area contributed by atoms with Gasteiger partial charge in [0.05, 0.1) is 30.3 Å². The average molecular weight is 460 g/mol. The lowest BCUT2D eigenvalue weighted by Crippen LogP contribution is -2.43. The molecule has 174 valence electrons. The van der Waals surface area contributed by atoms with Gasteiger partial charge in [0.2, 0.25) is 0 Å². The Morgan fingerprint density at radius 1 is 1.21 bits per heavy atom. The van der Waals surface area contributed by atoms with Crippen LogP contribution >= 0.6 is 0 Å². The molecule has 0 unspecified atom stereocenters. The van der Waals surface area contributed by atoms with Gasteiger partial charge < -0.3 is 20.5 Å². The van der Waals surface area contributed by atoms with E-state index in [1.165, 1.54) is 12.1 Å². The molecule has 4 rings (SSSR count). The number of carboxylic acids is 1. The second kappa shape index (κ2) is 10.4. The molecule has 0 aromatic heterocycles. The molecule has 0 spiro atoms. The predicted octanol–water partition coefficient (Wildman–Crippen LogP) is 4.63. The molecule has 3 aromatic carbocycles. The maximum Gasteiger partial charge on any atom is 0.307 e. The zero-order chi connectivity index (χ0) is 24.1. The van der Waals surface area contributed by atoms with E-state index in [4.69, 9.17) is 9.84 Å². The Bertz CT molecular complexity index is 1220. The van der Waals surface area contributed by atoms with E-state index in [-0.39, 0.29) is 30.3 Å². The maximum absolute atomic E-state index is 14.1. The van der Waals surface area contributed by atoms with E-state index < -0.39 is 5.97 Å². The van der Waals surface area contributed by atoms with Gasteiger partial charge in [0.25, 0.3) is 0 Å². The monoisotopic (exact) mass is 459 g/mol. The van der Waals surface area contributed by atoms with Crippen LogP contribution in [0.3, 0.4) is 0 Å². The Morgan fingerprint density at radius 2 is 1.97 bits per heavy atom. The van der Waals surface area contributed by atoms with Crippen LogP contribution in [0, 0.1) is 17.1 Å². The minimum Gasteiger partial charge on any atom is -0.483 e. The summed E-state index contributed by atoms with van der Waals surface area (Å²) < 4.78 is 20.4. The summed E-state index contributed by atoms with van der Waals surface area (Å²) in [7, 11) is 0. The summed E-state index contributed by atoms with van der Waals surface area (Å²) in [5, 5.41) is 25.4. The van der Waals surface area contributed by atoms with Gasteiger partial charge in [-0.1, -0.05) is 49.4 Å². The fraction of sp³-hybridized carbons (Fsp3) is 0.259. The molecule has 0 amide bonds. The number of para-hydroxylation sites is 1. The Balaban J connectivity index is 1.56. The highest BCUT2D eigenvalue weighted by atomic mass is 19.1. The number of rotatable bonds is 8. The summed E-state index contributed by atoms with van der Waals surface area (Å²) in [4.78, 5) is 11.1. The molecule has 0 fully saturated rings. The van der Waals surface area contributed by atoms with Crippen molar-refractivity contribution in [2.24, 2.45) is 0 Å². The van der Waals surface area contributed by atoms with Crippen LogP contribution in [0.25, 0.3) is 0 Å². The number of anilines is 1. The third-order valence-electron chi connectivity index (χ3n) is 6.00. The van der Waals surface area contributed by atoms with E-state index in [1.54, 1.807) is 24.3 Å². The Labute approximate surface area is 198 Å². The number of hydrogen-bond donors (Lipinski definition) is 3. The van der Waals surface area contributed by atoms with Crippen LogP contribution in [-0.2, 0) is 11.2 Å². The van der Waals surface area contributed by atoms with Crippen molar-refractivity contribution in [1.29, 1.82) is 5.26 Å². The summed E-state index contributed by atoms with van der Waals surface area (Å²) in [6.45, 7) is 3.10. The molecule has 0 saturated heterocycles. The van der Waals surface area contributed by atoms with Gasteiger partial charge in [-0.3, -0.25) is 4.79 Å². The summed E-state index contributed by atoms with van der Waals surface area (Å²) >= 11 is 0. The molecular formula is C27H26FN3O3. The van der Waals surface area contributed by atoms with Crippen LogP contribution in [0.4, 0.5) is 10.1 Å². The number of nitrogens with one attached hydrogen (secondary N) is 2. The summed E-state index contributed by atoms with van der Waals surface area (Å²) in [5.74, 6) is -0.629. The van der Waals surface area contributed by atoms with Crippen molar-refractivity contribution >= 4 is 11.7 Å². The van der Waals surface area contributed by atoms with Crippen molar-refractivity contribution in [3.05, 3.63) is 94.8 Å². The number of nitriles is 1. The summed E-state index contributed by atoms with van der Waals surface area (Å²) in [6.07, 6.45) is -0.406. The van der Waals surface area contributed by atoms with E-state index in [1.807, 2.05) is 30.3 Å².